The van der Waals surface area contributed by atoms with Gasteiger partial charge in [-0.2, -0.15) is 0 Å². The summed E-state index contributed by atoms with van der Waals surface area (Å²) in [6, 6.07) is 15.5. The molecule has 1 heterocycles. The number of urea groups is 1. The van der Waals surface area contributed by atoms with E-state index in [1.807, 2.05) is 48.7 Å². The van der Waals surface area contributed by atoms with E-state index in [1.54, 1.807) is 7.11 Å². The van der Waals surface area contributed by atoms with Gasteiger partial charge in [0.15, 0.2) is 0 Å². The van der Waals surface area contributed by atoms with Crippen LogP contribution in [0.5, 0.6) is 5.75 Å². The average molecular weight is 395 g/mol. The van der Waals surface area contributed by atoms with Crippen molar-refractivity contribution in [1.29, 1.82) is 0 Å². The van der Waals surface area contributed by atoms with Crippen molar-refractivity contribution in [2.45, 2.75) is 18.8 Å². The van der Waals surface area contributed by atoms with Gasteiger partial charge in [0.25, 0.3) is 0 Å². The molecule has 2 aromatic carbocycles. The molecule has 0 bridgehead atoms. The number of aliphatic carboxylic acids is 1. The second-order valence-electron chi connectivity index (χ2n) is 6.75. The standard InChI is InChI=1S/C22H25N3O4/c1-29-16-10-8-15(9-11-16)18(13-25-22(28)23-12-4-7-21(26)27)19-14-24-20-6-3-2-5-17(19)20/h2-3,5-6,8-11,14,18,24H,4,7,12-13H2,1H3,(H,26,27)(H2,23,25,28). The Kier molecular flexibility index (Phi) is 6.73. The first-order valence-electron chi connectivity index (χ1n) is 9.52. The van der Waals surface area contributed by atoms with Crippen molar-refractivity contribution in [1.82, 2.24) is 15.6 Å². The van der Waals surface area contributed by atoms with Crippen molar-refractivity contribution in [2.75, 3.05) is 20.2 Å². The highest BCUT2D eigenvalue weighted by Crippen LogP contribution is 2.31. The van der Waals surface area contributed by atoms with Crippen LogP contribution in [0.15, 0.2) is 54.7 Å². The summed E-state index contributed by atoms with van der Waals surface area (Å²) in [7, 11) is 1.63. The molecule has 7 heteroatoms. The molecule has 3 aromatic rings. The molecule has 7 nitrogen and oxygen atoms in total. The lowest BCUT2D eigenvalue weighted by Crippen LogP contribution is -2.38. The molecule has 1 unspecified atom stereocenters. The number of rotatable bonds is 9. The first-order chi connectivity index (χ1) is 14.1. The fraction of sp³-hybridized carbons (Fsp3) is 0.273. The topological polar surface area (TPSA) is 103 Å². The summed E-state index contributed by atoms with van der Waals surface area (Å²) in [5.74, 6) is -0.150. The number of hydrogen-bond acceptors (Lipinski definition) is 3. The quantitative estimate of drug-likeness (QED) is 0.417. The van der Waals surface area contributed by atoms with E-state index in [0.717, 1.165) is 27.8 Å². The van der Waals surface area contributed by atoms with Gasteiger partial charge in [0.05, 0.1) is 7.11 Å². The molecule has 0 spiro atoms. The molecule has 1 atom stereocenters. The summed E-state index contributed by atoms with van der Waals surface area (Å²) < 4.78 is 5.25. The van der Waals surface area contributed by atoms with Crippen LogP contribution in [0, 0.1) is 0 Å². The molecule has 152 valence electrons. The van der Waals surface area contributed by atoms with Crippen molar-refractivity contribution < 1.29 is 19.4 Å². The highest BCUT2D eigenvalue weighted by atomic mass is 16.5. The molecule has 1 aromatic heterocycles. The predicted molar refractivity (Wildman–Crippen MR) is 111 cm³/mol. The SMILES string of the molecule is COc1ccc(C(CNC(=O)NCCCC(=O)O)c2c[nH]c3ccccc23)cc1. The van der Waals surface area contributed by atoms with E-state index in [4.69, 9.17) is 9.84 Å². The van der Waals surface area contributed by atoms with Crippen molar-refractivity contribution in [3.63, 3.8) is 0 Å². The number of H-pyrrole nitrogens is 1. The van der Waals surface area contributed by atoms with Crippen LogP contribution in [0.4, 0.5) is 4.79 Å². The number of fused-ring (bicyclic) bond motifs is 1. The maximum atomic E-state index is 12.2. The zero-order chi connectivity index (χ0) is 20.6. The Morgan fingerprint density at radius 3 is 2.59 bits per heavy atom. The minimum absolute atomic E-state index is 0.0318. The molecule has 0 fully saturated rings. The Morgan fingerprint density at radius 2 is 1.86 bits per heavy atom. The first kappa shape index (κ1) is 20.3. The van der Waals surface area contributed by atoms with Gasteiger partial charge in [-0.1, -0.05) is 30.3 Å². The van der Waals surface area contributed by atoms with Crippen LogP contribution in [0.1, 0.15) is 29.9 Å². The fourth-order valence-electron chi connectivity index (χ4n) is 3.32. The van der Waals surface area contributed by atoms with Crippen LogP contribution in [0.3, 0.4) is 0 Å². The van der Waals surface area contributed by atoms with Crippen molar-refractivity contribution >= 4 is 22.9 Å². The number of carbonyl (C=O) groups excluding carboxylic acids is 1. The van der Waals surface area contributed by atoms with Gasteiger partial charge in [-0.15, -0.1) is 0 Å². The molecular formula is C22H25N3O4. The molecule has 29 heavy (non-hydrogen) atoms. The number of benzene rings is 2. The van der Waals surface area contributed by atoms with Crippen LogP contribution in [0.2, 0.25) is 0 Å². The van der Waals surface area contributed by atoms with Gasteiger partial charge in [-0.3, -0.25) is 4.79 Å². The Labute approximate surface area is 169 Å². The number of carbonyl (C=O) groups is 2. The summed E-state index contributed by atoms with van der Waals surface area (Å²) in [5.41, 5.74) is 3.19. The van der Waals surface area contributed by atoms with E-state index >= 15 is 0 Å². The molecule has 4 N–H and O–H groups in total. The van der Waals surface area contributed by atoms with Crippen LogP contribution in [0.25, 0.3) is 10.9 Å². The molecule has 0 radical (unpaired) electrons. The number of aromatic amines is 1. The Hall–Kier alpha value is -3.48. The molecular weight excluding hydrogens is 370 g/mol. The average Bonchev–Trinajstić information content (AvgIpc) is 3.16. The normalized spacial score (nSPS) is 11.8. The second-order valence-corrected chi connectivity index (χ2v) is 6.75. The number of amides is 2. The van der Waals surface area contributed by atoms with E-state index < -0.39 is 5.97 Å². The van der Waals surface area contributed by atoms with Crippen LogP contribution in [-0.4, -0.2) is 42.3 Å². The Morgan fingerprint density at radius 1 is 1.10 bits per heavy atom. The maximum absolute atomic E-state index is 12.2. The summed E-state index contributed by atoms with van der Waals surface area (Å²) in [6.45, 7) is 0.720. The zero-order valence-electron chi connectivity index (χ0n) is 16.3. The Balaban J connectivity index is 1.74. The monoisotopic (exact) mass is 395 g/mol. The van der Waals surface area contributed by atoms with E-state index in [9.17, 15) is 9.59 Å². The third-order valence-electron chi connectivity index (χ3n) is 4.83. The van der Waals surface area contributed by atoms with Gasteiger partial charge in [0.1, 0.15) is 5.75 Å². The molecule has 0 aliphatic rings. The lowest BCUT2D eigenvalue weighted by molar-refractivity contribution is -0.137. The Bertz CT molecular complexity index is 966. The third kappa shape index (κ3) is 5.28. The van der Waals surface area contributed by atoms with Crippen LogP contribution >= 0.6 is 0 Å². The van der Waals surface area contributed by atoms with Crippen LogP contribution in [-0.2, 0) is 4.79 Å². The summed E-state index contributed by atoms with van der Waals surface area (Å²) >= 11 is 0. The van der Waals surface area contributed by atoms with Crippen molar-refractivity contribution in [2.24, 2.45) is 0 Å². The number of ether oxygens (including phenoxy) is 1. The first-order valence-corrected chi connectivity index (χ1v) is 9.52. The summed E-state index contributed by atoms with van der Waals surface area (Å²) in [5, 5.41) is 15.4. The number of nitrogens with one attached hydrogen (secondary N) is 3. The summed E-state index contributed by atoms with van der Waals surface area (Å²) in [6.07, 6.45) is 2.41. The van der Waals surface area contributed by atoms with Crippen molar-refractivity contribution in [3.05, 3.63) is 65.9 Å². The molecule has 0 saturated heterocycles. The van der Waals surface area contributed by atoms with E-state index in [2.05, 4.69) is 21.7 Å². The highest BCUT2D eigenvalue weighted by molar-refractivity contribution is 5.84. The summed E-state index contributed by atoms with van der Waals surface area (Å²) in [4.78, 5) is 26.0. The number of hydrogen-bond donors (Lipinski definition) is 4. The highest BCUT2D eigenvalue weighted by Gasteiger charge is 2.19. The lowest BCUT2D eigenvalue weighted by atomic mass is 9.91. The molecule has 2 amide bonds. The van der Waals surface area contributed by atoms with Gasteiger partial charge in [0, 0.05) is 42.5 Å². The zero-order valence-corrected chi connectivity index (χ0v) is 16.3. The fourth-order valence-corrected chi connectivity index (χ4v) is 3.32. The van der Waals surface area contributed by atoms with E-state index in [0.29, 0.717) is 19.5 Å². The van der Waals surface area contributed by atoms with Crippen LogP contribution < -0.4 is 15.4 Å². The van der Waals surface area contributed by atoms with Gasteiger partial charge in [0.2, 0.25) is 0 Å². The third-order valence-corrected chi connectivity index (χ3v) is 4.83. The number of methoxy groups -OCH3 is 1. The maximum Gasteiger partial charge on any atom is 0.314 e. The second kappa shape index (κ2) is 9.64. The van der Waals surface area contributed by atoms with E-state index in [-0.39, 0.29) is 18.4 Å². The number of para-hydroxylation sites is 1. The van der Waals surface area contributed by atoms with Gasteiger partial charge in [-0.25, -0.2) is 4.79 Å². The van der Waals surface area contributed by atoms with E-state index in [1.165, 1.54) is 0 Å². The number of carboxylic acids is 1. The van der Waals surface area contributed by atoms with Gasteiger partial charge < -0.3 is 25.5 Å². The molecule has 0 aliphatic heterocycles. The predicted octanol–water partition coefficient (Wildman–Crippen LogP) is 3.47. The largest absolute Gasteiger partial charge is 0.497 e. The lowest BCUT2D eigenvalue weighted by Gasteiger charge is -2.19. The molecule has 0 saturated carbocycles. The molecule has 0 aliphatic carbocycles. The van der Waals surface area contributed by atoms with Crippen molar-refractivity contribution in [3.8, 4) is 5.75 Å². The number of aromatic nitrogens is 1. The van der Waals surface area contributed by atoms with Gasteiger partial charge >= 0.3 is 12.0 Å². The minimum atomic E-state index is -0.869. The minimum Gasteiger partial charge on any atom is -0.497 e. The molecule has 3 rings (SSSR count). The smallest absolute Gasteiger partial charge is 0.314 e. The number of carboxylic acid groups (broad SMARTS) is 1. The van der Waals surface area contributed by atoms with Gasteiger partial charge in [-0.05, 0) is 35.7 Å².